The molecule has 13 heavy (non-hydrogen) atoms. The second-order valence-electron chi connectivity index (χ2n) is 2.76. The molecule has 0 radical (unpaired) electrons. The van der Waals surface area contributed by atoms with Crippen molar-refractivity contribution in [1.82, 2.24) is 9.80 Å². The van der Waals surface area contributed by atoms with Crippen LogP contribution in [-0.4, -0.2) is 36.4 Å². The monoisotopic (exact) mass is 188 g/mol. The zero-order valence-electron chi connectivity index (χ0n) is 7.42. The lowest BCUT2D eigenvalue weighted by Crippen LogP contribution is -2.42. The van der Waals surface area contributed by atoms with Gasteiger partial charge in [-0.3, -0.25) is 9.80 Å². The van der Waals surface area contributed by atoms with Crippen molar-refractivity contribution in [1.29, 1.82) is 0 Å². The third-order valence-electron chi connectivity index (χ3n) is 1.93. The van der Waals surface area contributed by atoms with E-state index in [0.29, 0.717) is 0 Å². The third kappa shape index (κ3) is 1.54. The predicted octanol–water partition coefficient (Wildman–Crippen LogP) is 1.65. The van der Waals surface area contributed by atoms with Gasteiger partial charge in [0.2, 0.25) is 0 Å². The minimum absolute atomic E-state index is 0.276. The molecule has 5 heteroatoms. The molecule has 1 rings (SSSR count). The number of hydrogen-bond acceptors (Lipinski definition) is 1. The Morgan fingerprint density at radius 3 is 2.38 bits per heavy atom. The van der Waals surface area contributed by atoms with Crippen LogP contribution in [0.25, 0.3) is 0 Å². The summed E-state index contributed by atoms with van der Waals surface area (Å²) in [7, 11) is 2.79. The van der Waals surface area contributed by atoms with Crippen molar-refractivity contribution in [2.45, 2.75) is 6.43 Å². The number of nitrogens with zero attached hydrogens (tertiary/aromatic N) is 2. The lowest BCUT2D eigenvalue weighted by Gasteiger charge is -2.31. The number of allylic oxidation sites excluding steroid dienone is 2. The first kappa shape index (κ1) is 9.70. The summed E-state index contributed by atoms with van der Waals surface area (Å²) in [5, 5.41) is 0. The molecule has 0 bridgehead atoms. The first-order chi connectivity index (χ1) is 5.95. The lowest BCUT2D eigenvalue weighted by molar-refractivity contribution is 0.135. The zero-order valence-corrected chi connectivity index (χ0v) is 7.42. The third-order valence-corrected chi connectivity index (χ3v) is 1.93. The maximum atomic E-state index is 12.3. The normalized spacial score (nSPS) is 18.4. The van der Waals surface area contributed by atoms with Crippen molar-refractivity contribution in [3.8, 4) is 0 Å². The molecular weight excluding hydrogens is 178 g/mol. The second kappa shape index (κ2) is 3.16. The molecule has 0 aromatic heterocycles. The highest BCUT2D eigenvalue weighted by atomic mass is 19.3. The van der Waals surface area contributed by atoms with Crippen molar-refractivity contribution in [2.75, 3.05) is 14.1 Å². The minimum Gasteiger partial charge on any atom is -0.298 e. The highest BCUT2D eigenvalue weighted by molar-refractivity contribution is 5.80. The molecule has 1 aliphatic heterocycles. The summed E-state index contributed by atoms with van der Waals surface area (Å²) in [6.07, 6.45) is -1.45. The molecule has 1 heterocycles. The molecular formula is C8H10F2N2O. The molecule has 0 spiro atoms. The van der Waals surface area contributed by atoms with Crippen LogP contribution in [0.15, 0.2) is 24.0 Å². The smallest absolute Gasteiger partial charge is 0.298 e. The van der Waals surface area contributed by atoms with Crippen LogP contribution in [0.1, 0.15) is 0 Å². The Morgan fingerprint density at radius 2 is 1.92 bits per heavy atom. The van der Waals surface area contributed by atoms with Crippen molar-refractivity contribution in [3.05, 3.63) is 24.0 Å². The minimum atomic E-state index is -2.65. The molecule has 0 aromatic carbocycles. The second-order valence-corrected chi connectivity index (χ2v) is 2.76. The SMILES string of the molecule is C=C1C=C(C(F)F)N(C)C(=O)N1C. The standard InChI is InChI=1S/C8H10F2N2O/c1-5-4-6(7(9)10)12(3)8(13)11(5)2/h4,7H,1H2,2-3H3. The Balaban J connectivity index is 3.05. The highest BCUT2D eigenvalue weighted by Gasteiger charge is 2.29. The fourth-order valence-electron chi connectivity index (χ4n) is 1.03. The summed E-state index contributed by atoms with van der Waals surface area (Å²) in [5.41, 5.74) is -0.0356. The van der Waals surface area contributed by atoms with Gasteiger partial charge < -0.3 is 0 Å². The Bertz CT molecular complexity index is 286. The van der Waals surface area contributed by atoms with Crippen LogP contribution in [0.2, 0.25) is 0 Å². The van der Waals surface area contributed by atoms with Crippen molar-refractivity contribution in [3.63, 3.8) is 0 Å². The Morgan fingerprint density at radius 1 is 1.38 bits per heavy atom. The van der Waals surface area contributed by atoms with Gasteiger partial charge in [-0.2, -0.15) is 0 Å². The summed E-state index contributed by atoms with van der Waals surface area (Å²) in [6, 6.07) is -0.497. The van der Waals surface area contributed by atoms with Gasteiger partial charge in [0.1, 0.15) is 0 Å². The highest BCUT2D eigenvalue weighted by Crippen LogP contribution is 2.22. The van der Waals surface area contributed by atoms with E-state index >= 15 is 0 Å². The molecule has 0 atom stereocenters. The van der Waals surface area contributed by atoms with Gasteiger partial charge in [0.25, 0.3) is 6.43 Å². The summed E-state index contributed by atoms with van der Waals surface area (Å²) >= 11 is 0. The summed E-state index contributed by atoms with van der Waals surface area (Å²) in [6.45, 7) is 3.48. The van der Waals surface area contributed by atoms with E-state index in [9.17, 15) is 13.6 Å². The van der Waals surface area contributed by atoms with Gasteiger partial charge >= 0.3 is 6.03 Å². The number of alkyl halides is 2. The van der Waals surface area contributed by atoms with Crippen molar-refractivity contribution in [2.24, 2.45) is 0 Å². The number of rotatable bonds is 1. The fourth-order valence-corrected chi connectivity index (χ4v) is 1.03. The van der Waals surface area contributed by atoms with E-state index < -0.39 is 12.5 Å². The van der Waals surface area contributed by atoms with Gasteiger partial charge in [-0.1, -0.05) is 6.58 Å². The molecule has 3 nitrogen and oxygen atoms in total. The van der Waals surface area contributed by atoms with E-state index in [1.807, 2.05) is 0 Å². The van der Waals surface area contributed by atoms with Gasteiger partial charge in [0.05, 0.1) is 5.70 Å². The van der Waals surface area contributed by atoms with Gasteiger partial charge in [0, 0.05) is 19.8 Å². The maximum absolute atomic E-state index is 12.3. The topological polar surface area (TPSA) is 23.6 Å². The van der Waals surface area contributed by atoms with E-state index in [1.165, 1.54) is 25.1 Å². The van der Waals surface area contributed by atoms with Crippen molar-refractivity contribution < 1.29 is 13.6 Å². The summed E-state index contributed by atoms with van der Waals surface area (Å²) in [4.78, 5) is 13.4. The molecule has 0 unspecified atom stereocenters. The largest absolute Gasteiger partial charge is 0.328 e. The summed E-state index contributed by atoms with van der Waals surface area (Å²) < 4.78 is 24.6. The molecule has 72 valence electrons. The van der Waals surface area contributed by atoms with Gasteiger partial charge in [0.15, 0.2) is 0 Å². The zero-order chi connectivity index (χ0) is 10.2. The molecule has 0 N–H and O–H groups in total. The average Bonchev–Trinajstić information content (AvgIpc) is 2.07. The average molecular weight is 188 g/mol. The summed E-state index contributed by atoms with van der Waals surface area (Å²) in [5.74, 6) is 0. The molecule has 1 aliphatic rings. The van der Waals surface area contributed by atoms with Gasteiger partial charge in [-0.25, -0.2) is 13.6 Å². The van der Waals surface area contributed by atoms with E-state index in [1.54, 1.807) is 0 Å². The number of likely N-dealkylation sites (N-methyl/N-ethyl adjacent to an activating group) is 1. The van der Waals surface area contributed by atoms with E-state index in [-0.39, 0.29) is 11.4 Å². The van der Waals surface area contributed by atoms with Gasteiger partial charge in [-0.05, 0) is 6.08 Å². The van der Waals surface area contributed by atoms with E-state index in [0.717, 1.165) is 4.90 Å². The Labute approximate surface area is 74.9 Å². The number of hydrogen-bond donors (Lipinski definition) is 0. The van der Waals surface area contributed by atoms with E-state index in [4.69, 9.17) is 0 Å². The fraction of sp³-hybridized carbons (Fsp3) is 0.375. The molecule has 0 saturated heterocycles. The first-order valence-electron chi connectivity index (χ1n) is 3.65. The van der Waals surface area contributed by atoms with Crippen LogP contribution in [0.4, 0.5) is 13.6 Å². The van der Waals surface area contributed by atoms with Crippen molar-refractivity contribution >= 4 is 6.03 Å². The first-order valence-corrected chi connectivity index (χ1v) is 3.65. The number of amides is 2. The predicted molar refractivity (Wildman–Crippen MR) is 44.1 cm³/mol. The quantitative estimate of drug-likeness (QED) is 0.613. The Kier molecular flexibility index (Phi) is 2.36. The lowest BCUT2D eigenvalue weighted by atomic mass is 10.2. The maximum Gasteiger partial charge on any atom is 0.328 e. The number of carbonyl (C=O) groups is 1. The van der Waals surface area contributed by atoms with Crippen LogP contribution in [0.5, 0.6) is 0 Å². The van der Waals surface area contributed by atoms with Crippen LogP contribution < -0.4 is 0 Å². The van der Waals surface area contributed by atoms with Crippen LogP contribution >= 0.6 is 0 Å². The molecule has 0 fully saturated rings. The van der Waals surface area contributed by atoms with E-state index in [2.05, 4.69) is 6.58 Å². The van der Waals surface area contributed by atoms with Crippen LogP contribution in [0, 0.1) is 0 Å². The molecule has 0 aromatic rings. The molecule has 0 saturated carbocycles. The Hall–Kier alpha value is -1.39. The van der Waals surface area contributed by atoms with Crippen LogP contribution in [-0.2, 0) is 0 Å². The van der Waals surface area contributed by atoms with Crippen LogP contribution in [0.3, 0.4) is 0 Å². The number of urea groups is 1. The number of carbonyl (C=O) groups excluding carboxylic acids is 1. The van der Waals surface area contributed by atoms with Gasteiger partial charge in [-0.15, -0.1) is 0 Å². The number of halogens is 2. The molecule has 2 amide bonds. The molecule has 0 aliphatic carbocycles.